The number of aliphatic hydroxyl groups excluding tert-OH is 1. The van der Waals surface area contributed by atoms with Crippen molar-refractivity contribution in [1.82, 2.24) is 0 Å². The maximum absolute atomic E-state index is 10.9. The monoisotopic (exact) mass is 270 g/mol. The topological polar surface area (TPSA) is 46.5 Å². The molecule has 0 atom stereocenters. The molecule has 0 unspecified atom stereocenters. The van der Waals surface area contributed by atoms with E-state index in [-0.39, 0.29) is 12.6 Å². The fourth-order valence-electron chi connectivity index (χ4n) is 0.570. The second-order valence-electron chi connectivity index (χ2n) is 1.92. The van der Waals surface area contributed by atoms with Gasteiger partial charge in [-0.3, -0.25) is 0 Å². The van der Waals surface area contributed by atoms with Crippen molar-refractivity contribution in [2.45, 2.75) is 13.3 Å². The van der Waals surface area contributed by atoms with Crippen LogP contribution in [0.1, 0.15) is 13.3 Å². The zero-order valence-electron chi connectivity index (χ0n) is 6.56. The number of halogens is 1. The van der Waals surface area contributed by atoms with Gasteiger partial charge in [0.05, 0.1) is 17.3 Å². The first-order chi connectivity index (χ1) is 5.17. The highest BCUT2D eigenvalue weighted by Crippen LogP contribution is 2.16. The first-order valence-electron chi connectivity index (χ1n) is 3.24. The molecule has 3 nitrogen and oxygen atoms in total. The minimum atomic E-state index is -0.378. The zero-order valence-corrected chi connectivity index (χ0v) is 8.71. The summed E-state index contributed by atoms with van der Waals surface area (Å²) in [5, 5.41) is 8.77. The highest BCUT2D eigenvalue weighted by atomic mass is 127. The third kappa shape index (κ3) is 3.20. The number of ether oxygens (including phenoxy) is 1. The Morgan fingerprint density at radius 3 is 2.45 bits per heavy atom. The summed E-state index contributed by atoms with van der Waals surface area (Å²) in [6.45, 7) is 1.80. The molecule has 0 heterocycles. The molecule has 11 heavy (non-hydrogen) atoms. The van der Waals surface area contributed by atoms with Crippen LogP contribution in [-0.2, 0) is 9.53 Å². The molecule has 4 heteroatoms. The summed E-state index contributed by atoms with van der Waals surface area (Å²) in [6, 6.07) is 0. The van der Waals surface area contributed by atoms with Crippen LogP contribution in [-0.4, -0.2) is 24.8 Å². The van der Waals surface area contributed by atoms with Crippen LogP contribution in [0.2, 0.25) is 0 Å². The van der Waals surface area contributed by atoms with Gasteiger partial charge in [0.25, 0.3) is 0 Å². The molecule has 0 aliphatic heterocycles. The maximum atomic E-state index is 10.9. The molecule has 0 saturated heterocycles. The molecule has 0 aliphatic rings. The summed E-state index contributed by atoms with van der Waals surface area (Å²) in [6.07, 6.45) is 0.671. The molecule has 0 aromatic carbocycles. The predicted molar refractivity (Wildman–Crippen MR) is 50.4 cm³/mol. The minimum Gasteiger partial charge on any atom is -0.465 e. The molecular formula is C7H11IO3. The van der Waals surface area contributed by atoms with Gasteiger partial charge < -0.3 is 9.84 Å². The Labute approximate surface area is 79.6 Å². The lowest BCUT2D eigenvalue weighted by molar-refractivity contribution is -0.135. The van der Waals surface area contributed by atoms with Crippen molar-refractivity contribution in [1.29, 1.82) is 0 Å². The summed E-state index contributed by atoms with van der Waals surface area (Å²) < 4.78 is 4.96. The summed E-state index contributed by atoms with van der Waals surface area (Å²) in [4.78, 5) is 10.9. The van der Waals surface area contributed by atoms with Crippen molar-refractivity contribution in [2.24, 2.45) is 0 Å². The van der Waals surface area contributed by atoms with E-state index in [0.29, 0.717) is 10.0 Å². The molecule has 0 saturated carbocycles. The zero-order chi connectivity index (χ0) is 8.85. The van der Waals surface area contributed by atoms with Gasteiger partial charge in [0, 0.05) is 0 Å². The highest BCUT2D eigenvalue weighted by Gasteiger charge is 2.09. The van der Waals surface area contributed by atoms with Crippen LogP contribution in [0.3, 0.4) is 0 Å². The van der Waals surface area contributed by atoms with Crippen molar-refractivity contribution < 1.29 is 14.6 Å². The lowest BCUT2D eigenvalue weighted by Gasteiger charge is -2.02. The standard InChI is InChI=1S/C7H11IO3/c1-3-5(4-9)6(8)7(10)11-2/h9H,3-4H2,1-2H3/b6-5-. The van der Waals surface area contributed by atoms with Crippen molar-refractivity contribution in [3.05, 3.63) is 9.15 Å². The Bertz CT molecular complexity index is 169. The van der Waals surface area contributed by atoms with Gasteiger partial charge in [0.1, 0.15) is 0 Å². The average Bonchev–Trinajstić information content (AvgIpc) is 2.05. The number of rotatable bonds is 3. The molecule has 0 bridgehead atoms. The molecule has 0 aliphatic carbocycles. The number of carbonyl (C=O) groups excluding carboxylic acids is 1. The Morgan fingerprint density at radius 2 is 2.18 bits per heavy atom. The quantitative estimate of drug-likeness (QED) is 0.477. The summed E-state index contributed by atoms with van der Waals surface area (Å²) in [5.41, 5.74) is 0.720. The van der Waals surface area contributed by atoms with Gasteiger partial charge in [-0.1, -0.05) is 6.92 Å². The third-order valence-electron chi connectivity index (χ3n) is 1.29. The third-order valence-corrected chi connectivity index (χ3v) is 2.50. The molecule has 0 aromatic heterocycles. The maximum Gasteiger partial charge on any atom is 0.344 e. The summed E-state index contributed by atoms with van der Waals surface area (Å²) in [7, 11) is 1.33. The van der Waals surface area contributed by atoms with E-state index < -0.39 is 0 Å². The van der Waals surface area contributed by atoms with Crippen LogP contribution < -0.4 is 0 Å². The molecule has 1 N–H and O–H groups in total. The first-order valence-corrected chi connectivity index (χ1v) is 4.31. The molecule has 0 rings (SSSR count). The van der Waals surface area contributed by atoms with Gasteiger partial charge in [-0.2, -0.15) is 0 Å². The number of hydrogen-bond acceptors (Lipinski definition) is 3. The van der Waals surface area contributed by atoms with Crippen LogP contribution >= 0.6 is 22.6 Å². The normalized spacial score (nSPS) is 12.4. The van der Waals surface area contributed by atoms with Gasteiger partial charge in [0.15, 0.2) is 0 Å². The average molecular weight is 270 g/mol. The van der Waals surface area contributed by atoms with Crippen LogP contribution in [0.25, 0.3) is 0 Å². The summed E-state index contributed by atoms with van der Waals surface area (Å²) >= 11 is 1.87. The van der Waals surface area contributed by atoms with E-state index in [4.69, 9.17) is 5.11 Å². The molecule has 0 radical (unpaired) electrons. The minimum absolute atomic E-state index is 0.0795. The molecule has 0 fully saturated rings. The Hall–Kier alpha value is -0.100. The molecule has 0 aromatic rings. The molecule has 0 spiro atoms. The Morgan fingerprint density at radius 1 is 1.64 bits per heavy atom. The van der Waals surface area contributed by atoms with Gasteiger partial charge in [-0.25, -0.2) is 4.79 Å². The van der Waals surface area contributed by atoms with E-state index in [2.05, 4.69) is 4.74 Å². The van der Waals surface area contributed by atoms with Crippen LogP contribution in [0, 0.1) is 0 Å². The van der Waals surface area contributed by atoms with E-state index in [1.807, 2.05) is 29.5 Å². The lowest BCUT2D eigenvalue weighted by Crippen LogP contribution is -2.04. The van der Waals surface area contributed by atoms with Gasteiger partial charge in [0.2, 0.25) is 0 Å². The highest BCUT2D eigenvalue weighted by molar-refractivity contribution is 14.1. The summed E-state index contributed by atoms with van der Waals surface area (Å²) in [5.74, 6) is -0.378. The van der Waals surface area contributed by atoms with Crippen molar-refractivity contribution >= 4 is 28.6 Å². The van der Waals surface area contributed by atoms with E-state index in [1.165, 1.54) is 7.11 Å². The van der Waals surface area contributed by atoms with Gasteiger partial charge in [-0.05, 0) is 34.6 Å². The Kier molecular flexibility index (Phi) is 5.49. The number of methoxy groups -OCH3 is 1. The SMILES string of the molecule is CC/C(CO)=C(/I)C(=O)OC. The number of aliphatic hydroxyl groups is 1. The number of esters is 1. The first kappa shape index (κ1) is 10.9. The largest absolute Gasteiger partial charge is 0.465 e. The van der Waals surface area contributed by atoms with E-state index >= 15 is 0 Å². The predicted octanol–water partition coefficient (Wildman–Crippen LogP) is 1.25. The van der Waals surface area contributed by atoms with E-state index in [0.717, 1.165) is 5.57 Å². The fourth-order valence-corrected chi connectivity index (χ4v) is 1.34. The molecule has 64 valence electrons. The number of hydrogen-bond donors (Lipinski definition) is 1. The van der Waals surface area contributed by atoms with Crippen LogP contribution in [0.5, 0.6) is 0 Å². The van der Waals surface area contributed by atoms with Crippen molar-refractivity contribution in [3.63, 3.8) is 0 Å². The second kappa shape index (κ2) is 5.54. The molecular weight excluding hydrogens is 259 g/mol. The smallest absolute Gasteiger partial charge is 0.344 e. The van der Waals surface area contributed by atoms with Gasteiger partial charge in [-0.15, -0.1) is 0 Å². The van der Waals surface area contributed by atoms with Crippen LogP contribution in [0.15, 0.2) is 9.15 Å². The van der Waals surface area contributed by atoms with Crippen molar-refractivity contribution in [2.75, 3.05) is 13.7 Å². The van der Waals surface area contributed by atoms with Gasteiger partial charge >= 0.3 is 5.97 Å². The van der Waals surface area contributed by atoms with E-state index in [1.54, 1.807) is 0 Å². The van der Waals surface area contributed by atoms with E-state index in [9.17, 15) is 4.79 Å². The Balaban J connectivity index is 4.46. The number of carbonyl (C=O) groups is 1. The lowest BCUT2D eigenvalue weighted by atomic mass is 10.2. The van der Waals surface area contributed by atoms with Crippen LogP contribution in [0.4, 0.5) is 0 Å². The van der Waals surface area contributed by atoms with Crippen molar-refractivity contribution in [3.8, 4) is 0 Å². The second-order valence-corrected chi connectivity index (χ2v) is 3.00. The fraction of sp³-hybridized carbons (Fsp3) is 0.571. The molecule has 0 amide bonds.